The lowest BCUT2D eigenvalue weighted by atomic mass is 10.1. The van der Waals surface area contributed by atoms with E-state index in [0.29, 0.717) is 0 Å². The Hall–Kier alpha value is -3.08. The molecule has 0 atom stereocenters. The monoisotopic (exact) mass is 361 g/mol. The number of piperidine rings is 1. The summed E-state index contributed by atoms with van der Waals surface area (Å²) >= 11 is 0. The summed E-state index contributed by atoms with van der Waals surface area (Å²) in [6.07, 6.45) is 7.49. The van der Waals surface area contributed by atoms with E-state index in [4.69, 9.17) is 0 Å². The molecule has 0 unspecified atom stereocenters. The summed E-state index contributed by atoms with van der Waals surface area (Å²) < 4.78 is 3.87. The van der Waals surface area contributed by atoms with Crippen LogP contribution in [0.4, 0.5) is 11.4 Å². The van der Waals surface area contributed by atoms with E-state index in [-0.39, 0.29) is 12.5 Å². The highest BCUT2D eigenvalue weighted by Crippen LogP contribution is 2.21. The lowest BCUT2D eigenvalue weighted by Gasteiger charge is -2.28. The minimum absolute atomic E-state index is 0.0438. The van der Waals surface area contributed by atoms with Gasteiger partial charge in [-0.2, -0.15) is 0 Å². The summed E-state index contributed by atoms with van der Waals surface area (Å²) in [5.74, 6) is -0.0438. The third-order valence-electron chi connectivity index (χ3n) is 5.12. The minimum atomic E-state index is -0.0438. The Kier molecular flexibility index (Phi) is 4.92. The largest absolute Gasteiger partial charge is 0.372 e. The number of rotatable bonds is 5. The van der Waals surface area contributed by atoms with Crippen LogP contribution in [0.25, 0.3) is 17.2 Å². The van der Waals surface area contributed by atoms with Gasteiger partial charge in [0.25, 0.3) is 5.91 Å². The summed E-state index contributed by atoms with van der Waals surface area (Å²) in [6.45, 7) is 6.33. The molecule has 1 N–H and O–H groups in total. The van der Waals surface area contributed by atoms with E-state index in [2.05, 4.69) is 28.9 Å². The number of para-hydroxylation sites is 2. The van der Waals surface area contributed by atoms with Crippen LogP contribution in [0, 0.1) is 0 Å². The van der Waals surface area contributed by atoms with Gasteiger partial charge in [-0.05, 0) is 55.7 Å². The van der Waals surface area contributed by atoms with Gasteiger partial charge in [0.05, 0.1) is 6.20 Å². The third kappa shape index (κ3) is 3.72. The second kappa shape index (κ2) is 7.66. The molecule has 2 heterocycles. The summed E-state index contributed by atoms with van der Waals surface area (Å²) in [6, 6.07) is 16.1. The van der Waals surface area contributed by atoms with Gasteiger partial charge in [-0.3, -0.25) is 4.79 Å². The fraction of sp³-hybridized carbons (Fsp3) is 0.273. The molecule has 5 nitrogen and oxygen atoms in total. The van der Waals surface area contributed by atoms with Crippen LogP contribution < -0.4 is 14.8 Å². The van der Waals surface area contributed by atoms with Crippen molar-refractivity contribution in [3.63, 3.8) is 0 Å². The zero-order chi connectivity index (χ0) is 18.6. The number of nitrogens with zero attached hydrogens (tertiary/aromatic N) is 3. The Morgan fingerprint density at radius 1 is 1.07 bits per heavy atom. The predicted molar refractivity (Wildman–Crippen MR) is 110 cm³/mol. The summed E-state index contributed by atoms with van der Waals surface area (Å²) in [7, 11) is 0. The molecule has 0 radical (unpaired) electrons. The highest BCUT2D eigenvalue weighted by molar-refractivity contribution is 5.90. The van der Waals surface area contributed by atoms with Crippen LogP contribution in [0.15, 0.2) is 61.4 Å². The predicted octanol–water partition coefficient (Wildman–Crippen LogP) is 3.66. The number of amides is 1. The van der Waals surface area contributed by atoms with E-state index in [0.717, 1.165) is 29.8 Å². The van der Waals surface area contributed by atoms with Crippen LogP contribution in [-0.2, 0) is 11.3 Å². The molecule has 1 aliphatic heterocycles. The maximum absolute atomic E-state index is 12.5. The number of anilines is 2. The topological polar surface area (TPSA) is 41.1 Å². The van der Waals surface area contributed by atoms with E-state index < -0.39 is 0 Å². The van der Waals surface area contributed by atoms with E-state index in [1.807, 2.05) is 51.9 Å². The van der Waals surface area contributed by atoms with Crippen LogP contribution in [0.5, 0.6) is 0 Å². The maximum Gasteiger partial charge on any atom is 0.266 e. The second-order valence-electron chi connectivity index (χ2n) is 6.96. The third-order valence-corrected chi connectivity index (χ3v) is 5.12. The van der Waals surface area contributed by atoms with Gasteiger partial charge in [-0.15, -0.1) is 0 Å². The standard InChI is InChI=1S/C22H24N4O/c1-2-24-17-26(21-9-5-4-8-20(21)24)16-22(27)23-18-10-12-19(13-11-18)25-14-6-3-7-15-25/h2,4-5,8-13,17H,1,3,6-7,14-16H2/p+1. The van der Waals surface area contributed by atoms with Crippen LogP contribution >= 0.6 is 0 Å². The first-order valence-corrected chi connectivity index (χ1v) is 9.51. The number of nitrogens with one attached hydrogen (secondary N) is 1. The fourth-order valence-electron chi connectivity index (χ4n) is 3.73. The van der Waals surface area contributed by atoms with Crippen molar-refractivity contribution < 1.29 is 9.36 Å². The van der Waals surface area contributed by atoms with Crippen LogP contribution in [0.1, 0.15) is 19.3 Å². The molecule has 138 valence electrons. The Balaban J connectivity index is 1.44. The Morgan fingerprint density at radius 2 is 1.81 bits per heavy atom. The van der Waals surface area contributed by atoms with Gasteiger partial charge in [0.1, 0.15) is 0 Å². The molecule has 0 aliphatic carbocycles. The van der Waals surface area contributed by atoms with Crippen molar-refractivity contribution in [1.29, 1.82) is 0 Å². The normalized spacial score (nSPS) is 14.3. The van der Waals surface area contributed by atoms with Gasteiger partial charge in [0.15, 0.2) is 17.6 Å². The van der Waals surface area contributed by atoms with Gasteiger partial charge in [0.2, 0.25) is 6.33 Å². The lowest BCUT2D eigenvalue weighted by molar-refractivity contribution is -0.658. The minimum Gasteiger partial charge on any atom is -0.372 e. The molecule has 4 rings (SSSR count). The highest BCUT2D eigenvalue weighted by Gasteiger charge is 2.16. The molecule has 1 amide bonds. The quantitative estimate of drug-likeness (QED) is 0.705. The summed E-state index contributed by atoms with van der Waals surface area (Å²) in [4.78, 5) is 14.9. The van der Waals surface area contributed by atoms with Gasteiger partial charge in [-0.1, -0.05) is 18.7 Å². The summed E-state index contributed by atoms with van der Waals surface area (Å²) in [5, 5.41) is 3.00. The number of carbonyl (C=O) groups is 1. The van der Waals surface area contributed by atoms with Crippen molar-refractivity contribution in [2.75, 3.05) is 23.3 Å². The molecule has 3 aromatic rings. The van der Waals surface area contributed by atoms with E-state index in [1.165, 1.54) is 24.9 Å². The van der Waals surface area contributed by atoms with Crippen LogP contribution in [-0.4, -0.2) is 23.6 Å². The fourth-order valence-corrected chi connectivity index (χ4v) is 3.73. The summed E-state index contributed by atoms with van der Waals surface area (Å²) in [5.41, 5.74) is 4.10. The van der Waals surface area contributed by atoms with Crippen molar-refractivity contribution in [3.8, 4) is 0 Å². The molecule has 1 aliphatic rings. The van der Waals surface area contributed by atoms with Crippen LogP contribution in [0.2, 0.25) is 0 Å². The second-order valence-corrected chi connectivity index (χ2v) is 6.96. The first-order valence-electron chi connectivity index (χ1n) is 9.51. The molecular formula is C22H25N4O+. The number of benzene rings is 2. The number of fused-ring (bicyclic) bond motifs is 1. The molecule has 2 aromatic carbocycles. The van der Waals surface area contributed by atoms with E-state index >= 15 is 0 Å². The smallest absolute Gasteiger partial charge is 0.266 e. The van der Waals surface area contributed by atoms with E-state index in [1.54, 1.807) is 6.20 Å². The Labute approximate surface area is 159 Å². The van der Waals surface area contributed by atoms with Crippen LogP contribution in [0.3, 0.4) is 0 Å². The Bertz CT molecular complexity index is 952. The number of hydrogen-bond acceptors (Lipinski definition) is 2. The van der Waals surface area contributed by atoms with Crippen molar-refractivity contribution >= 4 is 34.5 Å². The zero-order valence-electron chi connectivity index (χ0n) is 15.5. The average Bonchev–Trinajstić information content (AvgIpc) is 3.07. The van der Waals surface area contributed by atoms with Gasteiger partial charge < -0.3 is 10.2 Å². The van der Waals surface area contributed by atoms with Gasteiger partial charge >= 0.3 is 0 Å². The molecule has 0 bridgehead atoms. The SMILES string of the molecule is C=Cn1c[n+](CC(=O)Nc2ccc(N3CCCCC3)cc2)c2ccccc21. The van der Waals surface area contributed by atoms with Crippen molar-refractivity contribution in [2.24, 2.45) is 0 Å². The lowest BCUT2D eigenvalue weighted by Crippen LogP contribution is -2.39. The molecule has 1 fully saturated rings. The number of carbonyl (C=O) groups excluding carboxylic acids is 1. The first-order chi connectivity index (χ1) is 13.2. The number of hydrogen-bond donors (Lipinski definition) is 1. The molecule has 1 aromatic heterocycles. The zero-order valence-corrected chi connectivity index (χ0v) is 15.5. The van der Waals surface area contributed by atoms with E-state index in [9.17, 15) is 4.79 Å². The highest BCUT2D eigenvalue weighted by atomic mass is 16.1. The average molecular weight is 361 g/mol. The number of aromatic nitrogens is 2. The van der Waals surface area contributed by atoms with Gasteiger partial charge in [-0.25, -0.2) is 9.13 Å². The molecule has 0 spiro atoms. The number of imidazole rings is 1. The molecule has 0 saturated carbocycles. The van der Waals surface area contributed by atoms with Crippen molar-refractivity contribution in [2.45, 2.75) is 25.8 Å². The molecular weight excluding hydrogens is 336 g/mol. The molecule has 1 saturated heterocycles. The van der Waals surface area contributed by atoms with Gasteiger partial charge in [0, 0.05) is 24.5 Å². The first kappa shape index (κ1) is 17.3. The van der Waals surface area contributed by atoms with Crippen molar-refractivity contribution in [3.05, 3.63) is 61.4 Å². The molecule has 27 heavy (non-hydrogen) atoms. The maximum atomic E-state index is 12.5. The molecule has 5 heteroatoms. The Morgan fingerprint density at radius 3 is 2.56 bits per heavy atom. The van der Waals surface area contributed by atoms with Crippen molar-refractivity contribution in [1.82, 2.24) is 4.57 Å².